The molecule has 0 saturated carbocycles. The number of nitrogens with zero attached hydrogens (tertiary/aromatic N) is 1. The second kappa shape index (κ2) is 1.84. The lowest BCUT2D eigenvalue weighted by atomic mass is 10.7. The molecule has 0 spiro atoms. The Bertz CT molecular complexity index is 99.9. The third-order valence-electron chi connectivity index (χ3n) is 0.919. The lowest BCUT2D eigenvalue weighted by Crippen LogP contribution is -2.25. The van der Waals surface area contributed by atoms with Crippen LogP contribution < -0.4 is 5.43 Å². The zero-order valence-electron chi connectivity index (χ0n) is 4.11. The predicted octanol–water partition coefficient (Wildman–Crippen LogP) is 0.673. The summed E-state index contributed by atoms with van der Waals surface area (Å²) in [4.78, 5) is 0. The summed E-state index contributed by atoms with van der Waals surface area (Å²) in [5.41, 5.74) is 3.06. The van der Waals surface area contributed by atoms with Crippen LogP contribution in [0, 0.1) is 0 Å². The van der Waals surface area contributed by atoms with Crippen LogP contribution >= 0.6 is 15.9 Å². The normalized spacial score (nSPS) is 20.3. The molecule has 3 heteroatoms. The Balaban J connectivity index is 2.54. The van der Waals surface area contributed by atoms with Crippen LogP contribution in [-0.2, 0) is 0 Å². The lowest BCUT2D eigenvalue weighted by molar-refractivity contribution is 0.368. The molecule has 1 rings (SSSR count). The summed E-state index contributed by atoms with van der Waals surface area (Å²) in [6.07, 6.45) is 2.07. The summed E-state index contributed by atoms with van der Waals surface area (Å²) in [7, 11) is 1.97. The van der Waals surface area contributed by atoms with Gasteiger partial charge in [0.1, 0.15) is 0 Å². The van der Waals surface area contributed by atoms with E-state index in [0.717, 1.165) is 11.2 Å². The minimum Gasteiger partial charge on any atom is -0.305 e. The first-order valence-electron chi connectivity index (χ1n) is 2.13. The van der Waals surface area contributed by atoms with Gasteiger partial charge in [0.25, 0.3) is 0 Å². The van der Waals surface area contributed by atoms with E-state index in [1.165, 1.54) is 0 Å². The van der Waals surface area contributed by atoms with Gasteiger partial charge < -0.3 is 5.01 Å². The molecule has 0 bridgehead atoms. The Kier molecular flexibility index (Phi) is 1.35. The molecule has 0 unspecified atom stereocenters. The van der Waals surface area contributed by atoms with E-state index in [-0.39, 0.29) is 0 Å². The van der Waals surface area contributed by atoms with Crippen molar-refractivity contribution in [3.8, 4) is 0 Å². The van der Waals surface area contributed by atoms with Crippen LogP contribution in [0.25, 0.3) is 0 Å². The number of hydrazine groups is 1. The standard InChI is InChI=1S/C4H7BrN2/c1-7-4(5)2-3-6-7/h2,6H,3H2,1H3. The molecule has 1 N–H and O–H groups in total. The smallest absolute Gasteiger partial charge is 0.0918 e. The summed E-state index contributed by atoms with van der Waals surface area (Å²) in [5, 5.41) is 1.93. The minimum atomic E-state index is 0.942. The zero-order valence-corrected chi connectivity index (χ0v) is 5.70. The van der Waals surface area contributed by atoms with E-state index in [2.05, 4.69) is 27.4 Å². The van der Waals surface area contributed by atoms with Crippen molar-refractivity contribution >= 4 is 15.9 Å². The van der Waals surface area contributed by atoms with Crippen LogP contribution in [0.2, 0.25) is 0 Å². The van der Waals surface area contributed by atoms with Crippen molar-refractivity contribution in [3.63, 3.8) is 0 Å². The quantitative estimate of drug-likeness (QED) is 0.528. The van der Waals surface area contributed by atoms with Crippen LogP contribution in [0.5, 0.6) is 0 Å². The highest BCUT2D eigenvalue weighted by molar-refractivity contribution is 9.11. The summed E-state index contributed by atoms with van der Waals surface area (Å²) in [5.74, 6) is 0. The van der Waals surface area contributed by atoms with Crippen LogP contribution in [0.15, 0.2) is 10.7 Å². The second-order valence-corrected chi connectivity index (χ2v) is 2.26. The summed E-state index contributed by atoms with van der Waals surface area (Å²) >= 11 is 3.33. The Morgan fingerprint density at radius 1 is 2.00 bits per heavy atom. The fraction of sp³-hybridized carbons (Fsp3) is 0.500. The number of hydrogen-bond donors (Lipinski definition) is 1. The molecule has 0 fully saturated rings. The van der Waals surface area contributed by atoms with E-state index in [4.69, 9.17) is 0 Å². The fourth-order valence-electron chi connectivity index (χ4n) is 0.479. The molecule has 0 aromatic carbocycles. The molecular weight excluding hydrogens is 156 g/mol. The van der Waals surface area contributed by atoms with Gasteiger partial charge in [0.2, 0.25) is 0 Å². The molecule has 1 heterocycles. The maximum absolute atomic E-state index is 3.33. The number of halogens is 1. The van der Waals surface area contributed by atoms with Crippen LogP contribution in [0.1, 0.15) is 0 Å². The average molecular weight is 163 g/mol. The first-order valence-corrected chi connectivity index (χ1v) is 2.93. The maximum Gasteiger partial charge on any atom is 0.0918 e. The molecule has 1 aliphatic rings. The monoisotopic (exact) mass is 162 g/mol. The predicted molar refractivity (Wildman–Crippen MR) is 32.8 cm³/mol. The highest BCUT2D eigenvalue weighted by atomic mass is 79.9. The van der Waals surface area contributed by atoms with Crippen molar-refractivity contribution in [1.29, 1.82) is 0 Å². The van der Waals surface area contributed by atoms with Gasteiger partial charge in [-0.1, -0.05) is 0 Å². The van der Waals surface area contributed by atoms with Gasteiger partial charge in [-0.05, 0) is 22.0 Å². The summed E-state index contributed by atoms with van der Waals surface area (Å²) in [6.45, 7) is 0.942. The van der Waals surface area contributed by atoms with E-state index in [1.54, 1.807) is 0 Å². The molecular formula is C4H7BrN2. The SMILES string of the molecule is CN1NCC=C1Br. The molecule has 0 aromatic heterocycles. The number of nitrogens with one attached hydrogen (secondary N) is 1. The second-order valence-electron chi connectivity index (χ2n) is 1.45. The van der Waals surface area contributed by atoms with E-state index in [1.807, 2.05) is 12.1 Å². The van der Waals surface area contributed by atoms with Gasteiger partial charge in [-0.3, -0.25) is 0 Å². The third-order valence-corrected chi connectivity index (χ3v) is 1.78. The highest BCUT2D eigenvalue weighted by Crippen LogP contribution is 2.09. The van der Waals surface area contributed by atoms with E-state index < -0.39 is 0 Å². The van der Waals surface area contributed by atoms with Crippen LogP contribution in [0.4, 0.5) is 0 Å². The van der Waals surface area contributed by atoms with Crippen molar-refractivity contribution in [2.24, 2.45) is 0 Å². The lowest BCUT2D eigenvalue weighted by Gasteiger charge is -2.09. The largest absolute Gasteiger partial charge is 0.305 e. The molecule has 0 amide bonds. The first-order chi connectivity index (χ1) is 3.30. The van der Waals surface area contributed by atoms with Crippen LogP contribution in [-0.4, -0.2) is 18.6 Å². The zero-order chi connectivity index (χ0) is 5.28. The van der Waals surface area contributed by atoms with E-state index >= 15 is 0 Å². The molecule has 1 aliphatic heterocycles. The van der Waals surface area contributed by atoms with Gasteiger partial charge in [0.15, 0.2) is 0 Å². The summed E-state index contributed by atoms with van der Waals surface area (Å²) in [6, 6.07) is 0. The molecule has 0 radical (unpaired) electrons. The Morgan fingerprint density at radius 2 is 2.71 bits per heavy atom. The minimum absolute atomic E-state index is 0.942. The maximum atomic E-state index is 3.33. The van der Waals surface area contributed by atoms with Crippen molar-refractivity contribution in [2.75, 3.05) is 13.6 Å². The molecule has 0 atom stereocenters. The van der Waals surface area contributed by atoms with E-state index in [0.29, 0.717) is 0 Å². The Morgan fingerprint density at radius 3 is 2.86 bits per heavy atom. The highest BCUT2D eigenvalue weighted by Gasteiger charge is 2.03. The van der Waals surface area contributed by atoms with Gasteiger partial charge in [0, 0.05) is 13.6 Å². The number of hydrogen-bond acceptors (Lipinski definition) is 2. The van der Waals surface area contributed by atoms with Crippen molar-refractivity contribution in [2.45, 2.75) is 0 Å². The molecule has 2 nitrogen and oxygen atoms in total. The summed E-state index contributed by atoms with van der Waals surface area (Å²) < 4.78 is 1.12. The Labute approximate surface area is 51.3 Å². The third kappa shape index (κ3) is 0.951. The molecule has 7 heavy (non-hydrogen) atoms. The molecule has 40 valence electrons. The van der Waals surface area contributed by atoms with Gasteiger partial charge in [-0.2, -0.15) is 0 Å². The molecule has 0 aliphatic carbocycles. The van der Waals surface area contributed by atoms with Gasteiger partial charge in [-0.15, -0.1) is 0 Å². The molecule has 0 aromatic rings. The van der Waals surface area contributed by atoms with Crippen molar-refractivity contribution in [1.82, 2.24) is 10.4 Å². The number of rotatable bonds is 0. The van der Waals surface area contributed by atoms with Crippen molar-refractivity contribution < 1.29 is 0 Å². The topological polar surface area (TPSA) is 15.3 Å². The first kappa shape index (κ1) is 5.12. The van der Waals surface area contributed by atoms with Gasteiger partial charge in [-0.25, -0.2) is 5.43 Å². The van der Waals surface area contributed by atoms with Gasteiger partial charge >= 0.3 is 0 Å². The van der Waals surface area contributed by atoms with Crippen LogP contribution in [0.3, 0.4) is 0 Å². The Hall–Kier alpha value is -0.0200. The molecule has 0 saturated heterocycles. The van der Waals surface area contributed by atoms with Crippen molar-refractivity contribution in [3.05, 3.63) is 10.7 Å². The van der Waals surface area contributed by atoms with E-state index in [9.17, 15) is 0 Å². The fourth-order valence-corrected chi connectivity index (χ4v) is 0.767. The average Bonchev–Trinajstić information content (AvgIpc) is 1.91. The van der Waals surface area contributed by atoms with Gasteiger partial charge in [0.05, 0.1) is 4.61 Å².